The minimum Gasteiger partial charge on any atom is -0.375 e. The largest absolute Gasteiger partial charge is 0.375 e. The molecule has 0 saturated heterocycles. The molecule has 0 aliphatic heterocycles. The first-order valence-corrected chi connectivity index (χ1v) is 7.98. The first-order chi connectivity index (χ1) is 10.1. The molecule has 1 unspecified atom stereocenters. The van der Waals surface area contributed by atoms with Crippen LogP contribution in [0.3, 0.4) is 0 Å². The average molecular weight is 305 g/mol. The fourth-order valence-corrected chi connectivity index (χ4v) is 3.03. The monoisotopic (exact) mass is 305 g/mol. The lowest BCUT2D eigenvalue weighted by Crippen LogP contribution is -2.29. The van der Waals surface area contributed by atoms with Crippen molar-refractivity contribution < 1.29 is 4.79 Å². The Balaban J connectivity index is 1.57. The van der Waals surface area contributed by atoms with Gasteiger partial charge in [0.05, 0.1) is 29.1 Å². The second kappa shape index (κ2) is 5.85. The standard InChI is InChI=1S/C14H19N5OS/c1-9-14(21-8-15-9)10(2)17-12-5-16-19(6-12)7-13(20)18-11-3-4-11/h5-6,8,10-11,17H,3-4,7H2,1-2H3,(H,18,20). The molecule has 2 heterocycles. The Kier molecular flexibility index (Phi) is 3.92. The average Bonchev–Trinajstić information content (AvgIpc) is 2.95. The van der Waals surface area contributed by atoms with Crippen molar-refractivity contribution >= 4 is 22.9 Å². The molecule has 21 heavy (non-hydrogen) atoms. The zero-order chi connectivity index (χ0) is 14.8. The molecule has 3 rings (SSSR count). The molecule has 1 amide bonds. The number of hydrogen-bond acceptors (Lipinski definition) is 5. The summed E-state index contributed by atoms with van der Waals surface area (Å²) in [6, 6.07) is 0.565. The van der Waals surface area contributed by atoms with Gasteiger partial charge in [0.25, 0.3) is 0 Å². The van der Waals surface area contributed by atoms with Crippen LogP contribution < -0.4 is 10.6 Å². The number of amides is 1. The summed E-state index contributed by atoms with van der Waals surface area (Å²) in [5.74, 6) is 0.0264. The number of aryl methyl sites for hydroxylation is 1. The Labute approximate surface area is 127 Å². The summed E-state index contributed by atoms with van der Waals surface area (Å²) < 4.78 is 1.66. The lowest BCUT2D eigenvalue weighted by molar-refractivity contribution is -0.122. The van der Waals surface area contributed by atoms with Gasteiger partial charge in [0, 0.05) is 17.1 Å². The number of anilines is 1. The van der Waals surface area contributed by atoms with E-state index in [1.165, 1.54) is 4.88 Å². The quantitative estimate of drug-likeness (QED) is 0.857. The van der Waals surface area contributed by atoms with Crippen molar-refractivity contribution in [1.82, 2.24) is 20.1 Å². The number of nitrogens with zero attached hydrogens (tertiary/aromatic N) is 3. The van der Waals surface area contributed by atoms with E-state index in [0.717, 1.165) is 24.2 Å². The van der Waals surface area contributed by atoms with Crippen LogP contribution in [0, 0.1) is 6.92 Å². The van der Waals surface area contributed by atoms with Crippen LogP contribution in [0.5, 0.6) is 0 Å². The molecular weight excluding hydrogens is 286 g/mol. The number of carbonyl (C=O) groups excluding carboxylic acids is 1. The molecule has 1 fully saturated rings. The van der Waals surface area contributed by atoms with Crippen molar-refractivity contribution in [1.29, 1.82) is 0 Å². The Morgan fingerprint density at radius 2 is 2.38 bits per heavy atom. The van der Waals surface area contributed by atoms with E-state index in [4.69, 9.17) is 0 Å². The van der Waals surface area contributed by atoms with Crippen molar-refractivity contribution in [3.63, 3.8) is 0 Å². The van der Waals surface area contributed by atoms with Crippen LogP contribution in [0.25, 0.3) is 0 Å². The number of carbonyl (C=O) groups is 1. The molecule has 1 aliphatic carbocycles. The van der Waals surface area contributed by atoms with Crippen molar-refractivity contribution in [2.45, 2.75) is 45.3 Å². The molecule has 0 radical (unpaired) electrons. The smallest absolute Gasteiger partial charge is 0.241 e. The van der Waals surface area contributed by atoms with Gasteiger partial charge >= 0.3 is 0 Å². The minimum atomic E-state index is 0.0264. The molecule has 2 N–H and O–H groups in total. The van der Waals surface area contributed by atoms with Crippen LogP contribution in [0.1, 0.15) is 36.4 Å². The van der Waals surface area contributed by atoms with Crippen LogP contribution in [-0.2, 0) is 11.3 Å². The van der Waals surface area contributed by atoms with E-state index in [9.17, 15) is 4.79 Å². The van der Waals surface area contributed by atoms with Crippen molar-refractivity contribution in [2.75, 3.05) is 5.32 Å². The highest BCUT2D eigenvalue weighted by atomic mass is 32.1. The maximum absolute atomic E-state index is 11.7. The molecule has 0 spiro atoms. The van der Waals surface area contributed by atoms with E-state index in [1.807, 2.05) is 18.6 Å². The van der Waals surface area contributed by atoms with E-state index >= 15 is 0 Å². The van der Waals surface area contributed by atoms with Crippen LogP contribution in [0.4, 0.5) is 5.69 Å². The van der Waals surface area contributed by atoms with Gasteiger partial charge in [0.15, 0.2) is 0 Å². The van der Waals surface area contributed by atoms with Gasteiger partial charge in [-0.15, -0.1) is 11.3 Å². The van der Waals surface area contributed by atoms with Gasteiger partial charge in [-0.05, 0) is 26.7 Å². The number of nitrogens with one attached hydrogen (secondary N) is 2. The van der Waals surface area contributed by atoms with Gasteiger partial charge in [-0.1, -0.05) is 0 Å². The summed E-state index contributed by atoms with van der Waals surface area (Å²) in [4.78, 5) is 17.2. The fraction of sp³-hybridized carbons (Fsp3) is 0.500. The zero-order valence-corrected chi connectivity index (χ0v) is 13.0. The third-order valence-electron chi connectivity index (χ3n) is 3.44. The van der Waals surface area contributed by atoms with Crippen LogP contribution in [-0.4, -0.2) is 26.7 Å². The van der Waals surface area contributed by atoms with Crippen molar-refractivity contribution in [2.24, 2.45) is 0 Å². The zero-order valence-electron chi connectivity index (χ0n) is 12.2. The molecule has 1 saturated carbocycles. The summed E-state index contributed by atoms with van der Waals surface area (Å²) >= 11 is 1.64. The van der Waals surface area contributed by atoms with Gasteiger partial charge in [0.1, 0.15) is 6.54 Å². The van der Waals surface area contributed by atoms with Crippen molar-refractivity contribution in [3.05, 3.63) is 28.5 Å². The minimum absolute atomic E-state index is 0.0264. The molecular formula is C14H19N5OS. The van der Waals surface area contributed by atoms with Gasteiger partial charge in [0.2, 0.25) is 5.91 Å². The predicted molar refractivity (Wildman–Crippen MR) is 82.3 cm³/mol. The Bertz CT molecular complexity index is 631. The Morgan fingerprint density at radius 3 is 3.05 bits per heavy atom. The number of aromatic nitrogens is 3. The number of hydrogen-bond donors (Lipinski definition) is 2. The van der Waals surface area contributed by atoms with E-state index < -0.39 is 0 Å². The van der Waals surface area contributed by atoms with Gasteiger partial charge in [-0.3, -0.25) is 9.48 Å². The number of rotatable bonds is 6. The van der Waals surface area contributed by atoms with Crippen LogP contribution in [0.15, 0.2) is 17.9 Å². The molecule has 0 bridgehead atoms. The summed E-state index contributed by atoms with van der Waals surface area (Å²) in [7, 11) is 0. The molecule has 112 valence electrons. The summed E-state index contributed by atoms with van der Waals surface area (Å²) in [6.45, 7) is 4.37. The van der Waals surface area contributed by atoms with E-state index in [1.54, 1.807) is 22.2 Å². The topological polar surface area (TPSA) is 71.8 Å². The highest BCUT2D eigenvalue weighted by molar-refractivity contribution is 7.09. The fourth-order valence-electron chi connectivity index (χ4n) is 2.21. The Morgan fingerprint density at radius 1 is 1.57 bits per heavy atom. The van der Waals surface area contributed by atoms with Gasteiger partial charge < -0.3 is 10.6 Å². The third kappa shape index (κ3) is 3.60. The van der Waals surface area contributed by atoms with Crippen molar-refractivity contribution in [3.8, 4) is 0 Å². The molecule has 7 heteroatoms. The summed E-state index contributed by atoms with van der Waals surface area (Å²) in [6.07, 6.45) is 5.81. The maximum atomic E-state index is 11.7. The first kappa shape index (κ1) is 14.1. The molecule has 1 aliphatic rings. The highest BCUT2D eigenvalue weighted by Crippen LogP contribution is 2.24. The molecule has 0 aromatic carbocycles. The predicted octanol–water partition coefficient (Wildman–Crippen LogP) is 2.10. The second-order valence-corrected chi connectivity index (χ2v) is 6.32. The SMILES string of the molecule is Cc1ncsc1C(C)Nc1cnn(CC(=O)NC2CC2)c1. The second-order valence-electron chi connectivity index (χ2n) is 5.44. The van der Waals surface area contributed by atoms with Gasteiger partial charge in [-0.2, -0.15) is 5.10 Å². The lowest BCUT2D eigenvalue weighted by atomic mass is 10.2. The van der Waals surface area contributed by atoms with Crippen LogP contribution >= 0.6 is 11.3 Å². The maximum Gasteiger partial charge on any atom is 0.241 e. The van der Waals surface area contributed by atoms with E-state index in [-0.39, 0.29) is 18.5 Å². The first-order valence-electron chi connectivity index (χ1n) is 7.10. The molecule has 1 atom stereocenters. The Hall–Kier alpha value is -1.89. The molecule has 2 aromatic heterocycles. The highest BCUT2D eigenvalue weighted by Gasteiger charge is 2.23. The normalized spacial score (nSPS) is 15.7. The van der Waals surface area contributed by atoms with Crippen LogP contribution in [0.2, 0.25) is 0 Å². The summed E-state index contributed by atoms with van der Waals surface area (Å²) in [5.41, 5.74) is 3.82. The van der Waals surface area contributed by atoms with Gasteiger partial charge in [-0.25, -0.2) is 4.98 Å². The number of thiazole rings is 1. The van der Waals surface area contributed by atoms with E-state index in [2.05, 4.69) is 27.6 Å². The lowest BCUT2D eigenvalue weighted by Gasteiger charge is -2.12. The summed E-state index contributed by atoms with van der Waals surface area (Å²) in [5, 5.41) is 10.6. The molecule has 6 nitrogen and oxygen atoms in total. The van der Waals surface area contributed by atoms with E-state index in [0.29, 0.717) is 6.04 Å². The molecule has 2 aromatic rings. The third-order valence-corrected chi connectivity index (χ3v) is 4.55.